The van der Waals surface area contributed by atoms with Crippen LogP contribution in [0, 0.1) is 5.92 Å². The summed E-state index contributed by atoms with van der Waals surface area (Å²) in [7, 11) is 0.698. The zero-order valence-corrected chi connectivity index (χ0v) is 14.6. The van der Waals surface area contributed by atoms with Crippen molar-refractivity contribution in [3.05, 3.63) is 0 Å². The van der Waals surface area contributed by atoms with Gasteiger partial charge in [0.25, 0.3) is 10.2 Å². The largest absolute Gasteiger partial charge is 0.316 e. The fourth-order valence-corrected chi connectivity index (χ4v) is 3.80. The molecule has 0 saturated carbocycles. The first-order valence-electron chi connectivity index (χ1n) is 8.06. The summed E-state index contributed by atoms with van der Waals surface area (Å²) < 4.78 is 28.7. The van der Waals surface area contributed by atoms with Gasteiger partial charge in [-0.2, -0.15) is 12.7 Å². The molecule has 0 atom stereocenters. The van der Waals surface area contributed by atoms with Gasteiger partial charge in [0.15, 0.2) is 0 Å². The summed E-state index contributed by atoms with van der Waals surface area (Å²) in [5, 5.41) is 3.42. The number of nitrogens with zero attached hydrogens (tertiary/aromatic N) is 2. The zero-order chi connectivity index (χ0) is 15.7. The van der Waals surface area contributed by atoms with Crippen molar-refractivity contribution < 1.29 is 8.42 Å². The molecule has 0 unspecified atom stereocenters. The molecular weight excluding hydrogens is 288 g/mol. The molecule has 6 nitrogen and oxygen atoms in total. The number of nitrogens with one attached hydrogen (secondary N) is 2. The van der Waals surface area contributed by atoms with E-state index in [4.69, 9.17) is 0 Å². The Labute approximate surface area is 130 Å². The van der Waals surface area contributed by atoms with Crippen LogP contribution in [0.2, 0.25) is 0 Å². The van der Waals surface area contributed by atoms with Crippen molar-refractivity contribution in [2.24, 2.45) is 5.92 Å². The molecule has 1 aliphatic heterocycles. The lowest BCUT2D eigenvalue weighted by atomic mass is 9.98. The third kappa shape index (κ3) is 7.56. The lowest BCUT2D eigenvalue weighted by Gasteiger charge is -2.31. The van der Waals surface area contributed by atoms with Gasteiger partial charge < -0.3 is 10.2 Å². The van der Waals surface area contributed by atoms with E-state index in [-0.39, 0.29) is 0 Å². The lowest BCUT2D eigenvalue weighted by molar-refractivity contribution is 0.265. The summed E-state index contributed by atoms with van der Waals surface area (Å²) in [5.41, 5.74) is 0. The predicted molar refractivity (Wildman–Crippen MR) is 87.6 cm³/mol. The highest BCUT2D eigenvalue weighted by Gasteiger charge is 2.27. The molecule has 0 aromatic heterocycles. The Morgan fingerprint density at radius 3 is 2.43 bits per heavy atom. The topological polar surface area (TPSA) is 64.7 Å². The minimum Gasteiger partial charge on any atom is -0.316 e. The van der Waals surface area contributed by atoms with Gasteiger partial charge in [-0.1, -0.05) is 6.92 Å². The fourth-order valence-electron chi connectivity index (χ4n) is 2.52. The van der Waals surface area contributed by atoms with Gasteiger partial charge in [-0.3, -0.25) is 0 Å². The second kappa shape index (κ2) is 9.74. The molecule has 0 radical (unpaired) electrons. The van der Waals surface area contributed by atoms with E-state index in [0.29, 0.717) is 25.6 Å². The van der Waals surface area contributed by atoms with Crippen LogP contribution in [0.5, 0.6) is 0 Å². The van der Waals surface area contributed by atoms with E-state index in [1.54, 1.807) is 4.31 Å². The van der Waals surface area contributed by atoms with Crippen LogP contribution in [0.3, 0.4) is 0 Å². The monoisotopic (exact) mass is 320 g/mol. The molecule has 1 aliphatic rings. The molecule has 0 spiro atoms. The van der Waals surface area contributed by atoms with Crippen molar-refractivity contribution in [2.45, 2.75) is 32.6 Å². The van der Waals surface area contributed by atoms with Crippen LogP contribution in [0.15, 0.2) is 0 Å². The minimum atomic E-state index is -3.29. The summed E-state index contributed by atoms with van der Waals surface area (Å²) in [6.07, 6.45) is 3.89. The van der Waals surface area contributed by atoms with Crippen molar-refractivity contribution in [3.8, 4) is 0 Å². The number of hydrogen-bond donors (Lipinski definition) is 2. The predicted octanol–water partition coefficient (Wildman–Crippen LogP) is 0.484. The molecule has 1 saturated heterocycles. The Morgan fingerprint density at radius 2 is 1.86 bits per heavy atom. The van der Waals surface area contributed by atoms with Crippen LogP contribution in [0.25, 0.3) is 0 Å². The molecule has 0 bridgehead atoms. The normalized spacial score (nSPS) is 18.5. The highest BCUT2D eigenvalue weighted by atomic mass is 32.2. The summed E-state index contributed by atoms with van der Waals surface area (Å²) in [6.45, 7) is 6.91. The van der Waals surface area contributed by atoms with E-state index in [0.717, 1.165) is 45.3 Å². The first kappa shape index (κ1) is 18.8. The van der Waals surface area contributed by atoms with E-state index < -0.39 is 10.2 Å². The summed E-state index contributed by atoms with van der Waals surface area (Å²) in [6, 6.07) is 0. The van der Waals surface area contributed by atoms with Crippen molar-refractivity contribution in [2.75, 3.05) is 53.4 Å². The Balaban J connectivity index is 2.25. The zero-order valence-electron chi connectivity index (χ0n) is 13.8. The van der Waals surface area contributed by atoms with Crippen LogP contribution >= 0.6 is 0 Å². The molecule has 1 heterocycles. The molecule has 126 valence electrons. The van der Waals surface area contributed by atoms with Crippen LogP contribution in [-0.2, 0) is 10.2 Å². The SMILES string of the molecule is CCCNCC1CCN(S(=O)(=O)NCCCN(C)C)CC1. The Hall–Kier alpha value is -0.210. The first-order chi connectivity index (χ1) is 9.95. The van der Waals surface area contributed by atoms with Crippen molar-refractivity contribution in [1.29, 1.82) is 0 Å². The molecule has 1 fully saturated rings. The highest BCUT2D eigenvalue weighted by Crippen LogP contribution is 2.18. The third-order valence-electron chi connectivity index (χ3n) is 3.84. The number of rotatable bonds is 10. The summed E-state index contributed by atoms with van der Waals surface area (Å²) in [5.74, 6) is 0.608. The van der Waals surface area contributed by atoms with Gasteiger partial charge >= 0.3 is 0 Å². The van der Waals surface area contributed by atoms with Crippen LogP contribution in [0.1, 0.15) is 32.6 Å². The van der Waals surface area contributed by atoms with Crippen LogP contribution < -0.4 is 10.0 Å². The number of hydrogen-bond acceptors (Lipinski definition) is 4. The molecule has 7 heteroatoms. The average molecular weight is 321 g/mol. The second-order valence-electron chi connectivity index (χ2n) is 6.10. The van der Waals surface area contributed by atoms with E-state index in [1.807, 2.05) is 14.1 Å². The molecule has 0 aromatic rings. The van der Waals surface area contributed by atoms with Gasteiger partial charge in [0.2, 0.25) is 0 Å². The van der Waals surface area contributed by atoms with Gasteiger partial charge in [-0.25, -0.2) is 4.72 Å². The third-order valence-corrected chi connectivity index (χ3v) is 5.45. The Morgan fingerprint density at radius 1 is 1.19 bits per heavy atom. The molecular formula is C14H32N4O2S. The Bertz CT molecular complexity index is 365. The second-order valence-corrected chi connectivity index (χ2v) is 7.86. The average Bonchev–Trinajstić information content (AvgIpc) is 2.44. The van der Waals surface area contributed by atoms with Crippen molar-refractivity contribution >= 4 is 10.2 Å². The Kier molecular flexibility index (Phi) is 8.73. The molecule has 0 aromatic carbocycles. The fraction of sp³-hybridized carbons (Fsp3) is 1.00. The van der Waals surface area contributed by atoms with Crippen LogP contribution in [0.4, 0.5) is 0 Å². The van der Waals surface area contributed by atoms with E-state index in [2.05, 4.69) is 21.9 Å². The summed E-state index contributed by atoms with van der Waals surface area (Å²) >= 11 is 0. The summed E-state index contributed by atoms with van der Waals surface area (Å²) in [4.78, 5) is 2.06. The van der Waals surface area contributed by atoms with Gasteiger partial charge in [0.05, 0.1) is 0 Å². The van der Waals surface area contributed by atoms with E-state index in [1.165, 1.54) is 0 Å². The molecule has 0 amide bonds. The maximum absolute atomic E-state index is 12.2. The molecule has 2 N–H and O–H groups in total. The van der Waals surface area contributed by atoms with Crippen molar-refractivity contribution in [1.82, 2.24) is 19.2 Å². The quantitative estimate of drug-likeness (QED) is 0.575. The molecule has 21 heavy (non-hydrogen) atoms. The van der Waals surface area contributed by atoms with Gasteiger partial charge in [-0.05, 0) is 65.3 Å². The van der Waals surface area contributed by atoms with Gasteiger partial charge in [0, 0.05) is 19.6 Å². The van der Waals surface area contributed by atoms with Gasteiger partial charge in [-0.15, -0.1) is 0 Å². The number of piperidine rings is 1. The van der Waals surface area contributed by atoms with E-state index in [9.17, 15) is 8.42 Å². The maximum Gasteiger partial charge on any atom is 0.279 e. The lowest BCUT2D eigenvalue weighted by Crippen LogP contribution is -2.46. The first-order valence-corrected chi connectivity index (χ1v) is 9.50. The van der Waals surface area contributed by atoms with Crippen LogP contribution in [-0.4, -0.2) is 71.0 Å². The van der Waals surface area contributed by atoms with Gasteiger partial charge in [0.1, 0.15) is 0 Å². The minimum absolute atomic E-state index is 0.512. The molecule has 0 aliphatic carbocycles. The van der Waals surface area contributed by atoms with E-state index >= 15 is 0 Å². The highest BCUT2D eigenvalue weighted by molar-refractivity contribution is 7.87. The van der Waals surface area contributed by atoms with Crippen molar-refractivity contribution in [3.63, 3.8) is 0 Å². The maximum atomic E-state index is 12.2. The smallest absolute Gasteiger partial charge is 0.279 e. The standard InChI is InChI=1S/C14H32N4O2S/c1-4-8-15-13-14-6-11-18(12-7-14)21(19,20)16-9-5-10-17(2)3/h14-16H,4-13H2,1-3H3. The molecule has 1 rings (SSSR count).